The molecule has 1 aromatic rings. The molecule has 0 radical (unpaired) electrons. The van der Waals surface area contributed by atoms with E-state index in [-0.39, 0.29) is 30.6 Å². The zero-order valence-electron chi connectivity index (χ0n) is 21.5. The lowest BCUT2D eigenvalue weighted by atomic mass is 9.83. The molecule has 0 aromatic carbocycles. The monoisotopic (exact) mass is 491 g/mol. The van der Waals surface area contributed by atoms with Gasteiger partial charge in [0.1, 0.15) is 0 Å². The van der Waals surface area contributed by atoms with Crippen LogP contribution in [0.5, 0.6) is 0 Å². The molecular weight excluding hydrogens is 456 g/mol. The van der Waals surface area contributed by atoms with E-state index in [0.29, 0.717) is 53.7 Å². The summed E-state index contributed by atoms with van der Waals surface area (Å²) in [4.78, 5) is 23.1. The van der Waals surface area contributed by atoms with E-state index in [4.69, 9.17) is 10.4 Å². The van der Waals surface area contributed by atoms with Crippen LogP contribution in [0.15, 0.2) is 64.4 Å². The van der Waals surface area contributed by atoms with Crippen LogP contribution >= 0.6 is 0 Å². The highest BCUT2D eigenvalue weighted by molar-refractivity contribution is 6.24. The summed E-state index contributed by atoms with van der Waals surface area (Å²) in [6.07, 6.45) is 11.7. The summed E-state index contributed by atoms with van der Waals surface area (Å²) < 4.78 is 27.0. The Hall–Kier alpha value is -3.02. The van der Waals surface area contributed by atoms with Crippen LogP contribution < -0.4 is 0 Å². The lowest BCUT2D eigenvalue weighted by molar-refractivity contribution is -0.0457. The first kappa shape index (κ1) is 26.1. The van der Waals surface area contributed by atoms with Gasteiger partial charge in [0.05, 0.1) is 11.8 Å². The smallest absolute Gasteiger partial charge is 0.248 e. The molecule has 0 spiro atoms. The molecule has 3 aliphatic rings. The summed E-state index contributed by atoms with van der Waals surface area (Å²) in [7, 11) is 0. The standard InChI is InChI=1S/C30H35F2N3O/c1-18-6-5-7-26(35-24-8-9-24)28(25(14-18)21(4)33)20(3)29(36)23-15-19(2)27(34-17-23)16-22-10-12-30(31,32)13-11-22/h5,7,14-15,17,22,24,33H,1,6,8-13,16H2,2-4H3/b7-5+,25-14-,28-20-,33-21?,35-26?. The number of hydrogen-bond donors (Lipinski definition) is 1. The van der Waals surface area contributed by atoms with E-state index in [2.05, 4.69) is 11.6 Å². The minimum atomic E-state index is -2.54. The van der Waals surface area contributed by atoms with Crippen molar-refractivity contribution in [3.8, 4) is 0 Å². The summed E-state index contributed by atoms with van der Waals surface area (Å²) in [6, 6.07) is 2.11. The van der Waals surface area contributed by atoms with Gasteiger partial charge in [-0.05, 0) is 89.0 Å². The topological polar surface area (TPSA) is 66.2 Å². The maximum Gasteiger partial charge on any atom is 0.248 e. The maximum absolute atomic E-state index is 13.7. The molecule has 1 aromatic heterocycles. The van der Waals surface area contributed by atoms with Gasteiger partial charge < -0.3 is 5.41 Å². The molecule has 4 rings (SSSR count). The number of carbonyl (C=O) groups excluding carboxylic acids is 1. The van der Waals surface area contributed by atoms with Gasteiger partial charge in [-0.15, -0.1) is 0 Å². The molecule has 36 heavy (non-hydrogen) atoms. The van der Waals surface area contributed by atoms with E-state index < -0.39 is 5.92 Å². The summed E-state index contributed by atoms with van der Waals surface area (Å²) in [5.41, 5.74) is 6.09. The number of pyridine rings is 1. The molecule has 1 N–H and O–H groups in total. The first-order valence-corrected chi connectivity index (χ1v) is 12.8. The Bertz CT molecular complexity index is 1200. The SMILES string of the molecule is C=C1/C=C(C(C)=N)\C(=C(/C)C(=O)c2cnc(CC3CCC(F)(F)CC3)c(C)c2)C(=NC2CC2)/C=C/C1. The van der Waals surface area contributed by atoms with Crippen molar-refractivity contribution >= 4 is 17.2 Å². The predicted octanol–water partition coefficient (Wildman–Crippen LogP) is 7.34. The van der Waals surface area contributed by atoms with E-state index in [1.165, 1.54) is 0 Å². The molecule has 0 saturated heterocycles. The third-order valence-corrected chi connectivity index (χ3v) is 7.29. The van der Waals surface area contributed by atoms with Crippen LogP contribution in [-0.4, -0.2) is 34.2 Å². The fourth-order valence-electron chi connectivity index (χ4n) is 4.92. The zero-order valence-corrected chi connectivity index (χ0v) is 21.5. The fourth-order valence-corrected chi connectivity index (χ4v) is 4.92. The lowest BCUT2D eigenvalue weighted by Crippen LogP contribution is -2.25. The number of hydrogen-bond acceptors (Lipinski definition) is 4. The highest BCUT2D eigenvalue weighted by atomic mass is 19.3. The van der Waals surface area contributed by atoms with Gasteiger partial charge in [-0.1, -0.05) is 18.2 Å². The predicted molar refractivity (Wildman–Crippen MR) is 141 cm³/mol. The molecule has 0 unspecified atom stereocenters. The largest absolute Gasteiger partial charge is 0.305 e. The van der Waals surface area contributed by atoms with Crippen molar-refractivity contribution in [3.05, 3.63) is 76.2 Å². The Morgan fingerprint density at radius 2 is 1.92 bits per heavy atom. The normalized spacial score (nSPS) is 25.5. The minimum Gasteiger partial charge on any atom is -0.305 e. The second kappa shape index (κ2) is 10.5. The maximum atomic E-state index is 13.7. The average molecular weight is 492 g/mol. The molecule has 0 atom stereocenters. The van der Waals surface area contributed by atoms with E-state index in [1.54, 1.807) is 20.0 Å². The number of allylic oxidation sites excluding steroid dienone is 7. The number of nitrogens with one attached hydrogen (secondary N) is 1. The second-order valence-electron chi connectivity index (χ2n) is 10.5. The van der Waals surface area contributed by atoms with Crippen LogP contribution in [0.3, 0.4) is 0 Å². The molecule has 3 aliphatic carbocycles. The summed E-state index contributed by atoms with van der Waals surface area (Å²) in [6.45, 7) is 9.54. The van der Waals surface area contributed by atoms with Gasteiger partial charge in [-0.25, -0.2) is 8.78 Å². The van der Waals surface area contributed by atoms with Crippen molar-refractivity contribution in [3.63, 3.8) is 0 Å². The highest BCUT2D eigenvalue weighted by Crippen LogP contribution is 2.37. The number of aromatic nitrogens is 1. The molecule has 0 bridgehead atoms. The average Bonchev–Trinajstić information content (AvgIpc) is 3.63. The number of halogens is 2. The number of aliphatic imine (C=N–C) groups is 1. The third kappa shape index (κ3) is 6.21. The number of nitrogens with zero attached hydrogens (tertiary/aromatic N) is 2. The molecule has 6 heteroatoms. The van der Waals surface area contributed by atoms with Crippen molar-refractivity contribution in [1.29, 1.82) is 5.41 Å². The van der Waals surface area contributed by atoms with Crippen LogP contribution in [0, 0.1) is 18.3 Å². The first-order valence-electron chi connectivity index (χ1n) is 12.8. The summed E-state index contributed by atoms with van der Waals surface area (Å²) >= 11 is 0. The number of carbonyl (C=O) groups is 1. The van der Waals surface area contributed by atoms with Crippen LogP contribution in [0.25, 0.3) is 0 Å². The molecule has 1 heterocycles. The Morgan fingerprint density at radius 1 is 1.22 bits per heavy atom. The van der Waals surface area contributed by atoms with Crippen LogP contribution in [0.2, 0.25) is 0 Å². The molecule has 2 fully saturated rings. The molecule has 4 nitrogen and oxygen atoms in total. The quantitative estimate of drug-likeness (QED) is 0.257. The van der Waals surface area contributed by atoms with Crippen molar-refractivity contribution in [2.24, 2.45) is 10.9 Å². The van der Waals surface area contributed by atoms with Gasteiger partial charge in [0.25, 0.3) is 0 Å². The third-order valence-electron chi connectivity index (χ3n) is 7.29. The highest BCUT2D eigenvalue weighted by Gasteiger charge is 2.35. The van der Waals surface area contributed by atoms with Gasteiger partial charge >= 0.3 is 0 Å². The van der Waals surface area contributed by atoms with Crippen molar-refractivity contribution in [2.45, 2.75) is 84.1 Å². The van der Waals surface area contributed by atoms with E-state index in [1.807, 2.05) is 31.2 Å². The molecule has 0 amide bonds. The first-order chi connectivity index (χ1) is 17.0. The fraction of sp³-hybridized carbons (Fsp3) is 0.467. The summed E-state index contributed by atoms with van der Waals surface area (Å²) in [5.74, 6) is -2.50. The number of Topliss-reactive ketones (excluding diaryl/α,β-unsaturated/α-hetero) is 1. The number of alkyl halides is 2. The van der Waals surface area contributed by atoms with Gasteiger partial charge in [-0.3, -0.25) is 14.8 Å². The summed E-state index contributed by atoms with van der Waals surface area (Å²) in [5, 5.41) is 8.42. The Balaban J connectivity index is 1.65. The molecular formula is C30H35F2N3O. The van der Waals surface area contributed by atoms with E-state index >= 15 is 0 Å². The second-order valence-corrected chi connectivity index (χ2v) is 10.5. The Morgan fingerprint density at radius 3 is 2.53 bits per heavy atom. The van der Waals surface area contributed by atoms with Crippen molar-refractivity contribution < 1.29 is 13.6 Å². The van der Waals surface area contributed by atoms with E-state index in [0.717, 1.165) is 35.4 Å². The van der Waals surface area contributed by atoms with Gasteiger partial charge in [0, 0.05) is 52.7 Å². The zero-order chi connectivity index (χ0) is 26.0. The van der Waals surface area contributed by atoms with Crippen LogP contribution in [0.4, 0.5) is 8.78 Å². The number of aryl methyl sites for hydroxylation is 1. The van der Waals surface area contributed by atoms with Gasteiger partial charge in [-0.2, -0.15) is 0 Å². The molecule has 2 saturated carbocycles. The van der Waals surface area contributed by atoms with Gasteiger partial charge in [0.2, 0.25) is 5.92 Å². The number of rotatable bonds is 6. The minimum absolute atomic E-state index is 0.0616. The van der Waals surface area contributed by atoms with Crippen molar-refractivity contribution in [2.75, 3.05) is 0 Å². The van der Waals surface area contributed by atoms with E-state index in [9.17, 15) is 13.6 Å². The van der Waals surface area contributed by atoms with Crippen LogP contribution in [-0.2, 0) is 6.42 Å². The van der Waals surface area contributed by atoms with Gasteiger partial charge in [0.15, 0.2) is 5.78 Å². The molecule has 0 aliphatic heterocycles. The molecule has 190 valence electrons. The van der Waals surface area contributed by atoms with Crippen molar-refractivity contribution in [1.82, 2.24) is 4.98 Å². The Labute approximate surface area is 212 Å². The Kier molecular flexibility index (Phi) is 7.62. The number of ketones is 1. The lowest BCUT2D eigenvalue weighted by Gasteiger charge is -2.28. The van der Waals surface area contributed by atoms with Crippen LogP contribution in [0.1, 0.15) is 80.4 Å².